The van der Waals surface area contributed by atoms with Crippen LogP contribution in [0.4, 0.5) is 5.95 Å². The first-order valence-electron chi connectivity index (χ1n) is 5.47. The van der Waals surface area contributed by atoms with Crippen molar-refractivity contribution < 1.29 is 4.74 Å². The molecule has 0 atom stereocenters. The maximum atomic E-state index is 5.91. The van der Waals surface area contributed by atoms with Crippen LogP contribution in [0.2, 0.25) is 0 Å². The van der Waals surface area contributed by atoms with Crippen molar-refractivity contribution in [2.24, 2.45) is 0 Å². The summed E-state index contributed by atoms with van der Waals surface area (Å²) in [7, 11) is 1.67. The molecule has 1 heterocycles. The van der Waals surface area contributed by atoms with Crippen molar-refractivity contribution >= 4 is 17.0 Å². The van der Waals surface area contributed by atoms with Gasteiger partial charge in [0.05, 0.1) is 12.6 Å². The van der Waals surface area contributed by atoms with E-state index in [1.54, 1.807) is 7.11 Å². The standard InChI is InChI=1S/C12H17N3O/c1-4-5-15-11-9(14-12(15)13)6-8(2)7-10(11)16-3/h6-7H,4-5H2,1-3H3,(H2,13,14). The fourth-order valence-corrected chi connectivity index (χ4v) is 1.99. The third kappa shape index (κ3) is 1.60. The van der Waals surface area contributed by atoms with Crippen LogP contribution in [-0.4, -0.2) is 16.7 Å². The summed E-state index contributed by atoms with van der Waals surface area (Å²) in [4.78, 5) is 4.36. The molecule has 4 heteroatoms. The number of imidazole rings is 1. The van der Waals surface area contributed by atoms with Gasteiger partial charge in [-0.2, -0.15) is 0 Å². The Morgan fingerprint density at radius 2 is 2.19 bits per heavy atom. The molecule has 16 heavy (non-hydrogen) atoms. The van der Waals surface area contributed by atoms with Crippen LogP contribution in [0.5, 0.6) is 5.75 Å². The third-order valence-electron chi connectivity index (χ3n) is 2.65. The van der Waals surface area contributed by atoms with E-state index in [1.807, 2.05) is 23.6 Å². The number of nitrogens with zero attached hydrogens (tertiary/aromatic N) is 2. The van der Waals surface area contributed by atoms with Crippen LogP contribution in [0.3, 0.4) is 0 Å². The van der Waals surface area contributed by atoms with Gasteiger partial charge in [-0.15, -0.1) is 0 Å². The van der Waals surface area contributed by atoms with Crippen LogP contribution >= 0.6 is 0 Å². The Labute approximate surface area is 95.0 Å². The molecule has 0 amide bonds. The average Bonchev–Trinajstić information content (AvgIpc) is 2.54. The van der Waals surface area contributed by atoms with Crippen LogP contribution < -0.4 is 10.5 Å². The number of anilines is 1. The zero-order valence-corrected chi connectivity index (χ0v) is 9.95. The van der Waals surface area contributed by atoms with E-state index >= 15 is 0 Å². The lowest BCUT2D eigenvalue weighted by atomic mass is 10.2. The molecule has 0 unspecified atom stereocenters. The number of aryl methyl sites for hydroxylation is 2. The van der Waals surface area contributed by atoms with E-state index in [0.29, 0.717) is 5.95 Å². The molecular formula is C12H17N3O. The Bertz CT molecular complexity index is 516. The lowest BCUT2D eigenvalue weighted by Gasteiger charge is -2.08. The molecule has 1 aromatic carbocycles. The molecule has 0 bridgehead atoms. The molecule has 1 aromatic heterocycles. The van der Waals surface area contributed by atoms with Gasteiger partial charge >= 0.3 is 0 Å². The lowest BCUT2D eigenvalue weighted by Crippen LogP contribution is -2.03. The van der Waals surface area contributed by atoms with Crippen LogP contribution in [0.1, 0.15) is 18.9 Å². The number of aromatic nitrogens is 2. The van der Waals surface area contributed by atoms with Crippen molar-refractivity contribution in [3.05, 3.63) is 17.7 Å². The number of nitrogen functional groups attached to an aromatic ring is 1. The highest BCUT2D eigenvalue weighted by Crippen LogP contribution is 2.29. The van der Waals surface area contributed by atoms with Crippen LogP contribution in [0, 0.1) is 6.92 Å². The summed E-state index contributed by atoms with van der Waals surface area (Å²) in [6.07, 6.45) is 1.02. The van der Waals surface area contributed by atoms with E-state index in [9.17, 15) is 0 Å². The van der Waals surface area contributed by atoms with Gasteiger partial charge < -0.3 is 15.0 Å². The fourth-order valence-electron chi connectivity index (χ4n) is 1.99. The third-order valence-corrected chi connectivity index (χ3v) is 2.65. The molecule has 0 aliphatic carbocycles. The highest BCUT2D eigenvalue weighted by molar-refractivity contribution is 5.85. The second-order valence-corrected chi connectivity index (χ2v) is 3.96. The minimum absolute atomic E-state index is 0.556. The van der Waals surface area contributed by atoms with Crippen molar-refractivity contribution in [3.8, 4) is 5.75 Å². The van der Waals surface area contributed by atoms with Gasteiger partial charge in [-0.05, 0) is 31.0 Å². The SMILES string of the molecule is CCCn1c(N)nc2cc(C)cc(OC)c21. The van der Waals surface area contributed by atoms with Gasteiger partial charge in [0.1, 0.15) is 11.3 Å². The van der Waals surface area contributed by atoms with Gasteiger partial charge in [-0.3, -0.25) is 0 Å². The molecular weight excluding hydrogens is 202 g/mol. The summed E-state index contributed by atoms with van der Waals surface area (Å²) >= 11 is 0. The molecule has 0 saturated carbocycles. The molecule has 0 fully saturated rings. The van der Waals surface area contributed by atoms with Gasteiger partial charge in [0.15, 0.2) is 0 Å². The van der Waals surface area contributed by atoms with Gasteiger partial charge in [-0.1, -0.05) is 6.92 Å². The van der Waals surface area contributed by atoms with Gasteiger partial charge in [0, 0.05) is 6.54 Å². The monoisotopic (exact) mass is 219 g/mol. The molecule has 2 rings (SSSR count). The first-order valence-corrected chi connectivity index (χ1v) is 5.47. The Morgan fingerprint density at radius 1 is 1.44 bits per heavy atom. The topological polar surface area (TPSA) is 53.1 Å². The van der Waals surface area contributed by atoms with Crippen molar-refractivity contribution in [3.63, 3.8) is 0 Å². The second-order valence-electron chi connectivity index (χ2n) is 3.96. The molecule has 2 N–H and O–H groups in total. The van der Waals surface area contributed by atoms with Gasteiger partial charge in [0.25, 0.3) is 0 Å². The van der Waals surface area contributed by atoms with E-state index in [-0.39, 0.29) is 0 Å². The molecule has 0 aliphatic heterocycles. The zero-order chi connectivity index (χ0) is 11.7. The number of rotatable bonds is 3. The van der Waals surface area contributed by atoms with Crippen LogP contribution in [0.25, 0.3) is 11.0 Å². The predicted molar refractivity (Wildman–Crippen MR) is 65.7 cm³/mol. The molecule has 0 radical (unpaired) electrons. The highest BCUT2D eigenvalue weighted by atomic mass is 16.5. The summed E-state index contributed by atoms with van der Waals surface area (Å²) in [6.45, 7) is 5.00. The summed E-state index contributed by atoms with van der Waals surface area (Å²) in [5.74, 6) is 1.40. The Morgan fingerprint density at radius 3 is 2.81 bits per heavy atom. The molecule has 4 nitrogen and oxygen atoms in total. The summed E-state index contributed by atoms with van der Waals surface area (Å²) in [5.41, 5.74) is 8.94. The number of nitrogens with two attached hydrogens (primary N) is 1. The average molecular weight is 219 g/mol. The predicted octanol–water partition coefficient (Wildman–Crippen LogP) is 2.35. The van der Waals surface area contributed by atoms with Crippen molar-refractivity contribution in [1.29, 1.82) is 0 Å². The molecule has 0 aliphatic rings. The van der Waals surface area contributed by atoms with Crippen molar-refractivity contribution in [2.45, 2.75) is 26.8 Å². The number of ether oxygens (including phenoxy) is 1. The number of hydrogen-bond donors (Lipinski definition) is 1. The van der Waals surface area contributed by atoms with E-state index in [0.717, 1.165) is 35.3 Å². The smallest absolute Gasteiger partial charge is 0.201 e. The largest absolute Gasteiger partial charge is 0.494 e. The molecule has 0 saturated heterocycles. The highest BCUT2D eigenvalue weighted by Gasteiger charge is 2.12. The van der Waals surface area contributed by atoms with Crippen molar-refractivity contribution in [1.82, 2.24) is 9.55 Å². The van der Waals surface area contributed by atoms with Crippen LogP contribution in [-0.2, 0) is 6.54 Å². The Kier molecular flexibility index (Phi) is 2.73. The lowest BCUT2D eigenvalue weighted by molar-refractivity contribution is 0.417. The second kappa shape index (κ2) is 4.04. The Balaban J connectivity index is 2.74. The number of benzene rings is 1. The number of methoxy groups -OCH3 is 1. The van der Waals surface area contributed by atoms with Gasteiger partial charge in [0.2, 0.25) is 5.95 Å². The first-order chi connectivity index (χ1) is 7.67. The summed E-state index contributed by atoms with van der Waals surface area (Å²) in [6, 6.07) is 4.04. The summed E-state index contributed by atoms with van der Waals surface area (Å²) in [5, 5.41) is 0. The maximum absolute atomic E-state index is 5.91. The van der Waals surface area contributed by atoms with Crippen LogP contribution in [0.15, 0.2) is 12.1 Å². The minimum atomic E-state index is 0.556. The van der Waals surface area contributed by atoms with E-state index in [4.69, 9.17) is 10.5 Å². The fraction of sp³-hybridized carbons (Fsp3) is 0.417. The normalized spacial score (nSPS) is 10.9. The van der Waals surface area contributed by atoms with E-state index < -0.39 is 0 Å². The van der Waals surface area contributed by atoms with E-state index in [1.165, 1.54) is 0 Å². The van der Waals surface area contributed by atoms with Gasteiger partial charge in [-0.25, -0.2) is 4.98 Å². The number of fused-ring (bicyclic) bond motifs is 1. The Hall–Kier alpha value is -1.71. The zero-order valence-electron chi connectivity index (χ0n) is 9.95. The molecule has 0 spiro atoms. The molecule has 2 aromatic rings. The number of hydrogen-bond acceptors (Lipinski definition) is 3. The minimum Gasteiger partial charge on any atom is -0.494 e. The van der Waals surface area contributed by atoms with Crippen molar-refractivity contribution in [2.75, 3.05) is 12.8 Å². The molecule has 86 valence electrons. The maximum Gasteiger partial charge on any atom is 0.201 e. The quantitative estimate of drug-likeness (QED) is 0.862. The van der Waals surface area contributed by atoms with E-state index in [2.05, 4.69) is 11.9 Å². The summed E-state index contributed by atoms with van der Waals surface area (Å²) < 4.78 is 7.40. The first kappa shape index (κ1) is 10.8.